The zero-order valence-electron chi connectivity index (χ0n) is 15.7. The Balaban J connectivity index is 1.16. The van der Waals surface area contributed by atoms with E-state index < -0.39 is 5.97 Å². The monoisotopic (exact) mass is 372 g/mol. The van der Waals surface area contributed by atoms with E-state index >= 15 is 0 Å². The van der Waals surface area contributed by atoms with Crippen LogP contribution in [0.15, 0.2) is 12.1 Å². The predicted molar refractivity (Wildman–Crippen MR) is 102 cm³/mol. The van der Waals surface area contributed by atoms with Crippen LogP contribution in [-0.4, -0.2) is 59.6 Å². The molecular formula is C20H28N4O3. The van der Waals surface area contributed by atoms with Gasteiger partial charge in [0.2, 0.25) is 5.91 Å². The number of amides is 1. The average Bonchev–Trinajstić information content (AvgIpc) is 2.58. The van der Waals surface area contributed by atoms with Crippen molar-refractivity contribution in [2.45, 2.75) is 38.5 Å². The van der Waals surface area contributed by atoms with Crippen LogP contribution in [0.3, 0.4) is 0 Å². The highest BCUT2D eigenvalue weighted by atomic mass is 16.4. The van der Waals surface area contributed by atoms with Gasteiger partial charge in [0.05, 0.1) is 6.42 Å². The van der Waals surface area contributed by atoms with Gasteiger partial charge in [0.15, 0.2) is 0 Å². The fourth-order valence-electron chi connectivity index (χ4n) is 4.71. The normalized spacial score (nSPS) is 20.9. The lowest BCUT2D eigenvalue weighted by atomic mass is 9.57. The molecule has 7 heteroatoms. The highest BCUT2D eigenvalue weighted by molar-refractivity contribution is 5.80. The molecule has 0 atom stereocenters. The van der Waals surface area contributed by atoms with E-state index in [-0.39, 0.29) is 24.8 Å². The summed E-state index contributed by atoms with van der Waals surface area (Å²) in [5, 5.41) is 14.7. The molecular weight excluding hydrogens is 344 g/mol. The first-order valence-electron chi connectivity index (χ1n) is 9.98. The highest BCUT2D eigenvalue weighted by Crippen LogP contribution is 2.51. The molecule has 2 fully saturated rings. The minimum atomic E-state index is -0.876. The molecule has 1 saturated carbocycles. The van der Waals surface area contributed by atoms with E-state index in [4.69, 9.17) is 10.1 Å². The number of carbonyl (C=O) groups is 2. The van der Waals surface area contributed by atoms with Gasteiger partial charge in [-0.25, -0.2) is 4.98 Å². The zero-order valence-corrected chi connectivity index (χ0v) is 15.7. The largest absolute Gasteiger partial charge is 0.481 e. The van der Waals surface area contributed by atoms with Gasteiger partial charge in [-0.3, -0.25) is 9.59 Å². The summed E-state index contributed by atoms with van der Waals surface area (Å²) in [6, 6.07) is 4.36. The molecule has 1 aliphatic carbocycles. The van der Waals surface area contributed by atoms with Crippen LogP contribution in [0.5, 0.6) is 0 Å². The van der Waals surface area contributed by atoms with Crippen LogP contribution >= 0.6 is 0 Å². The first kappa shape index (κ1) is 18.2. The minimum Gasteiger partial charge on any atom is -0.481 e. The Labute approximate surface area is 159 Å². The summed E-state index contributed by atoms with van der Waals surface area (Å²) < 4.78 is 0. The number of nitrogens with zero attached hydrogens (tertiary/aromatic N) is 2. The minimum absolute atomic E-state index is 0.0103. The molecule has 1 aromatic heterocycles. The van der Waals surface area contributed by atoms with Gasteiger partial charge in [-0.15, -0.1) is 0 Å². The third kappa shape index (κ3) is 4.08. The Morgan fingerprint density at radius 3 is 2.93 bits per heavy atom. The van der Waals surface area contributed by atoms with Crippen LogP contribution in [0.1, 0.15) is 36.9 Å². The molecule has 3 aliphatic rings. The number of nitrogens with one attached hydrogen (secondary N) is 2. The second-order valence-corrected chi connectivity index (χ2v) is 8.34. The maximum Gasteiger partial charge on any atom is 0.305 e. The molecule has 1 aromatic rings. The third-order valence-electron chi connectivity index (χ3n) is 6.12. The standard InChI is InChI=1S/C20H28N4O3/c25-17(26)5-8-22-19(27)15-10-20(11-15)12-24(13-20)9-6-16-4-3-14-2-1-7-21-18(14)23-16/h3-4,15H,1-2,5-13H2,(H,21,23)(H,22,27)(H,25,26). The number of aromatic nitrogens is 1. The van der Waals surface area contributed by atoms with Gasteiger partial charge >= 0.3 is 5.97 Å². The van der Waals surface area contributed by atoms with Crippen molar-refractivity contribution in [3.8, 4) is 0 Å². The van der Waals surface area contributed by atoms with Gasteiger partial charge in [-0.05, 0) is 42.7 Å². The third-order valence-corrected chi connectivity index (χ3v) is 6.12. The Hall–Kier alpha value is -2.15. The summed E-state index contributed by atoms with van der Waals surface area (Å²) in [6.45, 7) is 4.39. The topological polar surface area (TPSA) is 94.6 Å². The van der Waals surface area contributed by atoms with Crippen LogP contribution < -0.4 is 10.6 Å². The van der Waals surface area contributed by atoms with Crippen molar-refractivity contribution in [1.29, 1.82) is 0 Å². The number of pyridine rings is 1. The quantitative estimate of drug-likeness (QED) is 0.668. The smallest absolute Gasteiger partial charge is 0.305 e. The second kappa shape index (κ2) is 7.46. The Kier molecular flexibility index (Phi) is 5.04. The van der Waals surface area contributed by atoms with E-state index in [1.807, 2.05) is 0 Å². The number of anilines is 1. The summed E-state index contributed by atoms with van der Waals surface area (Å²) >= 11 is 0. The van der Waals surface area contributed by atoms with Gasteiger partial charge in [0.1, 0.15) is 5.82 Å². The zero-order chi connectivity index (χ0) is 18.9. The fourth-order valence-corrected chi connectivity index (χ4v) is 4.71. The van der Waals surface area contributed by atoms with Crippen molar-refractivity contribution in [2.75, 3.05) is 38.0 Å². The molecule has 27 heavy (non-hydrogen) atoms. The first-order chi connectivity index (χ1) is 13.0. The maximum atomic E-state index is 12.0. The molecule has 1 saturated heterocycles. The van der Waals surface area contributed by atoms with Crippen LogP contribution in [-0.2, 0) is 22.4 Å². The summed E-state index contributed by atoms with van der Waals surface area (Å²) in [5.41, 5.74) is 2.79. The predicted octanol–water partition coefficient (Wildman–Crippen LogP) is 1.29. The summed E-state index contributed by atoms with van der Waals surface area (Å²) in [5.74, 6) is 0.272. The van der Waals surface area contributed by atoms with E-state index in [1.54, 1.807) is 0 Å². The summed E-state index contributed by atoms with van der Waals surface area (Å²) in [7, 11) is 0. The van der Waals surface area contributed by atoms with Crippen LogP contribution in [0.4, 0.5) is 5.82 Å². The van der Waals surface area contributed by atoms with Gasteiger partial charge < -0.3 is 20.6 Å². The number of hydrogen-bond donors (Lipinski definition) is 3. The number of aliphatic carboxylic acids is 1. The molecule has 1 amide bonds. The van der Waals surface area contributed by atoms with E-state index in [2.05, 4.69) is 27.7 Å². The molecule has 0 aromatic carbocycles. The van der Waals surface area contributed by atoms with Crippen molar-refractivity contribution in [1.82, 2.24) is 15.2 Å². The van der Waals surface area contributed by atoms with Crippen molar-refractivity contribution in [2.24, 2.45) is 11.3 Å². The molecule has 4 rings (SSSR count). The number of carboxylic acids is 1. The fraction of sp³-hybridized carbons (Fsp3) is 0.650. The number of rotatable bonds is 7. The average molecular weight is 372 g/mol. The number of aryl methyl sites for hydroxylation is 1. The van der Waals surface area contributed by atoms with Gasteiger partial charge in [-0.2, -0.15) is 0 Å². The summed E-state index contributed by atoms with van der Waals surface area (Å²) in [4.78, 5) is 29.7. The molecule has 1 spiro atoms. The number of fused-ring (bicyclic) bond motifs is 1. The number of hydrogen-bond acceptors (Lipinski definition) is 5. The van der Waals surface area contributed by atoms with Crippen LogP contribution in [0.2, 0.25) is 0 Å². The maximum absolute atomic E-state index is 12.0. The lowest BCUT2D eigenvalue weighted by Gasteiger charge is -2.58. The lowest BCUT2D eigenvalue weighted by Crippen LogP contribution is -2.64. The molecule has 3 heterocycles. The van der Waals surface area contributed by atoms with Gasteiger partial charge in [-0.1, -0.05) is 6.07 Å². The molecule has 2 aliphatic heterocycles. The first-order valence-corrected chi connectivity index (χ1v) is 9.98. The van der Waals surface area contributed by atoms with Gasteiger partial charge in [0.25, 0.3) is 0 Å². The van der Waals surface area contributed by atoms with Crippen molar-refractivity contribution < 1.29 is 14.7 Å². The Morgan fingerprint density at radius 2 is 2.15 bits per heavy atom. The molecule has 3 N–H and O–H groups in total. The van der Waals surface area contributed by atoms with E-state index in [1.165, 1.54) is 12.0 Å². The summed E-state index contributed by atoms with van der Waals surface area (Å²) in [6.07, 6.45) is 5.12. The molecule has 146 valence electrons. The van der Waals surface area contributed by atoms with Crippen LogP contribution in [0, 0.1) is 11.3 Å². The number of carboxylic acid groups (broad SMARTS) is 1. The molecule has 7 nitrogen and oxygen atoms in total. The van der Waals surface area contributed by atoms with Crippen molar-refractivity contribution in [3.05, 3.63) is 23.4 Å². The van der Waals surface area contributed by atoms with E-state index in [0.29, 0.717) is 5.41 Å². The Morgan fingerprint density at radius 1 is 1.33 bits per heavy atom. The van der Waals surface area contributed by atoms with Crippen LogP contribution in [0.25, 0.3) is 0 Å². The van der Waals surface area contributed by atoms with Gasteiger partial charge in [0, 0.05) is 50.8 Å². The lowest BCUT2D eigenvalue weighted by molar-refractivity contribution is -0.144. The Bertz CT molecular complexity index is 722. The van der Waals surface area contributed by atoms with E-state index in [0.717, 1.165) is 63.4 Å². The second-order valence-electron chi connectivity index (χ2n) is 8.34. The highest BCUT2D eigenvalue weighted by Gasteiger charge is 2.53. The molecule has 0 radical (unpaired) electrons. The molecule has 0 unspecified atom stereocenters. The molecule has 0 bridgehead atoms. The van der Waals surface area contributed by atoms with Crippen molar-refractivity contribution in [3.63, 3.8) is 0 Å². The number of likely N-dealkylation sites (tertiary alicyclic amines) is 1. The number of carbonyl (C=O) groups excluding carboxylic acids is 1. The SMILES string of the molecule is O=C(O)CCNC(=O)C1CC2(C1)CN(CCc1ccc3c(n1)NCCC3)C2. The van der Waals surface area contributed by atoms with Crippen molar-refractivity contribution >= 4 is 17.7 Å². The van der Waals surface area contributed by atoms with E-state index in [9.17, 15) is 9.59 Å².